The van der Waals surface area contributed by atoms with Gasteiger partial charge >= 0.3 is 5.97 Å². The van der Waals surface area contributed by atoms with Gasteiger partial charge in [-0.3, -0.25) is 9.78 Å². The summed E-state index contributed by atoms with van der Waals surface area (Å²) in [6.45, 7) is 4.17. The van der Waals surface area contributed by atoms with Gasteiger partial charge in [0.2, 0.25) is 0 Å². The van der Waals surface area contributed by atoms with Gasteiger partial charge in [0.25, 0.3) is 0 Å². The van der Waals surface area contributed by atoms with Crippen LogP contribution in [0.1, 0.15) is 31.9 Å². The van der Waals surface area contributed by atoms with E-state index in [-0.39, 0.29) is 0 Å². The van der Waals surface area contributed by atoms with Crippen molar-refractivity contribution < 1.29 is 14.6 Å². The molecule has 0 radical (unpaired) electrons. The highest BCUT2D eigenvalue weighted by Gasteiger charge is 2.19. The number of carbonyl (C=O) groups is 1. The molecule has 0 aromatic carbocycles. The van der Waals surface area contributed by atoms with E-state index in [1.54, 1.807) is 25.3 Å². The molecule has 1 unspecified atom stereocenters. The smallest absolute Gasteiger partial charge is 0.312 e. The van der Waals surface area contributed by atoms with Crippen LogP contribution in [0.15, 0.2) is 18.3 Å². The van der Waals surface area contributed by atoms with Gasteiger partial charge in [-0.1, -0.05) is 6.92 Å². The molecule has 1 N–H and O–H groups in total. The normalized spacial score (nSPS) is 12.1. The van der Waals surface area contributed by atoms with Crippen LogP contribution in [-0.4, -0.2) is 22.7 Å². The maximum atomic E-state index is 10.8. The number of carboxylic acids is 1. The van der Waals surface area contributed by atoms with Crippen LogP contribution in [0.3, 0.4) is 0 Å². The number of carboxylic acid groups (broad SMARTS) is 1. The van der Waals surface area contributed by atoms with Gasteiger partial charge in [-0.2, -0.15) is 0 Å². The number of aliphatic carboxylic acids is 1. The molecule has 0 saturated heterocycles. The zero-order valence-corrected chi connectivity index (χ0v) is 8.93. The van der Waals surface area contributed by atoms with Crippen molar-refractivity contribution in [2.45, 2.75) is 26.2 Å². The third kappa shape index (κ3) is 2.94. The third-order valence-corrected chi connectivity index (χ3v) is 2.04. The molecule has 0 aliphatic heterocycles. The maximum Gasteiger partial charge on any atom is 0.312 e. The van der Waals surface area contributed by atoms with Crippen molar-refractivity contribution in [1.29, 1.82) is 0 Å². The van der Waals surface area contributed by atoms with Gasteiger partial charge in [0.15, 0.2) is 0 Å². The molecule has 0 aliphatic carbocycles. The van der Waals surface area contributed by atoms with Crippen molar-refractivity contribution in [2.24, 2.45) is 0 Å². The first-order chi connectivity index (χ1) is 7.16. The first-order valence-electron chi connectivity index (χ1n) is 4.97. The SMILES string of the molecule is CCCOc1cccnc1C(C)C(=O)O. The molecular formula is C11H15NO3. The molecule has 4 nitrogen and oxygen atoms in total. The minimum absolute atomic E-state index is 0.485. The lowest BCUT2D eigenvalue weighted by Gasteiger charge is -2.12. The summed E-state index contributed by atoms with van der Waals surface area (Å²) in [5.41, 5.74) is 0.485. The summed E-state index contributed by atoms with van der Waals surface area (Å²) in [7, 11) is 0. The van der Waals surface area contributed by atoms with Crippen molar-refractivity contribution in [3.8, 4) is 5.75 Å². The molecule has 1 heterocycles. The van der Waals surface area contributed by atoms with E-state index in [4.69, 9.17) is 9.84 Å². The number of hydrogen-bond donors (Lipinski definition) is 1. The average Bonchev–Trinajstić information content (AvgIpc) is 2.25. The average molecular weight is 209 g/mol. The second-order valence-corrected chi connectivity index (χ2v) is 3.30. The van der Waals surface area contributed by atoms with E-state index < -0.39 is 11.9 Å². The van der Waals surface area contributed by atoms with E-state index in [0.717, 1.165) is 6.42 Å². The van der Waals surface area contributed by atoms with Crippen molar-refractivity contribution in [2.75, 3.05) is 6.61 Å². The van der Waals surface area contributed by atoms with Crippen LogP contribution in [0.4, 0.5) is 0 Å². The topological polar surface area (TPSA) is 59.4 Å². The predicted molar refractivity (Wildman–Crippen MR) is 56.1 cm³/mol. The first-order valence-corrected chi connectivity index (χ1v) is 4.97. The number of pyridine rings is 1. The number of hydrogen-bond acceptors (Lipinski definition) is 3. The summed E-state index contributed by atoms with van der Waals surface area (Å²) in [4.78, 5) is 14.9. The number of nitrogens with zero attached hydrogens (tertiary/aromatic N) is 1. The Bertz CT molecular complexity index is 338. The number of rotatable bonds is 5. The van der Waals surface area contributed by atoms with Gasteiger partial charge in [-0.25, -0.2) is 0 Å². The Hall–Kier alpha value is -1.58. The molecule has 0 spiro atoms. The van der Waals surface area contributed by atoms with E-state index in [1.807, 2.05) is 6.92 Å². The summed E-state index contributed by atoms with van der Waals surface area (Å²) in [5.74, 6) is -0.970. The van der Waals surface area contributed by atoms with Gasteiger partial charge in [-0.05, 0) is 25.5 Å². The highest BCUT2D eigenvalue weighted by atomic mass is 16.5. The summed E-state index contributed by atoms with van der Waals surface area (Å²) in [6, 6.07) is 3.49. The largest absolute Gasteiger partial charge is 0.492 e. The fourth-order valence-electron chi connectivity index (χ4n) is 1.18. The molecule has 1 aromatic rings. The van der Waals surface area contributed by atoms with Crippen LogP contribution in [0.5, 0.6) is 5.75 Å². The highest BCUT2D eigenvalue weighted by molar-refractivity contribution is 5.75. The van der Waals surface area contributed by atoms with Gasteiger partial charge < -0.3 is 9.84 Å². The Labute approximate surface area is 88.9 Å². The lowest BCUT2D eigenvalue weighted by Crippen LogP contribution is -2.11. The Balaban J connectivity index is 2.90. The standard InChI is InChI=1S/C11H15NO3/c1-3-7-15-9-5-4-6-12-10(9)8(2)11(13)14/h4-6,8H,3,7H2,1-2H3,(H,13,14). The van der Waals surface area contributed by atoms with E-state index in [9.17, 15) is 4.79 Å². The molecule has 1 atom stereocenters. The van der Waals surface area contributed by atoms with Gasteiger partial charge in [-0.15, -0.1) is 0 Å². The van der Waals surface area contributed by atoms with E-state index in [0.29, 0.717) is 18.1 Å². The van der Waals surface area contributed by atoms with Crippen LogP contribution < -0.4 is 4.74 Å². The Morgan fingerprint density at radius 1 is 1.67 bits per heavy atom. The minimum Gasteiger partial charge on any atom is -0.492 e. The van der Waals surface area contributed by atoms with Gasteiger partial charge in [0, 0.05) is 6.20 Å². The summed E-state index contributed by atoms with van der Waals surface area (Å²) >= 11 is 0. The van der Waals surface area contributed by atoms with Crippen molar-refractivity contribution in [3.63, 3.8) is 0 Å². The molecule has 0 saturated carbocycles. The zero-order chi connectivity index (χ0) is 11.3. The zero-order valence-electron chi connectivity index (χ0n) is 8.93. The minimum atomic E-state index is -0.893. The molecule has 4 heteroatoms. The van der Waals surface area contributed by atoms with Gasteiger partial charge in [0.1, 0.15) is 5.75 Å². The summed E-state index contributed by atoms with van der Waals surface area (Å²) in [5, 5.41) is 8.89. The van der Waals surface area contributed by atoms with Crippen LogP contribution >= 0.6 is 0 Å². The molecular weight excluding hydrogens is 194 g/mol. The van der Waals surface area contributed by atoms with E-state index in [2.05, 4.69) is 4.98 Å². The second kappa shape index (κ2) is 5.34. The molecule has 1 rings (SSSR count). The molecule has 82 valence electrons. The molecule has 0 bridgehead atoms. The van der Waals surface area contributed by atoms with Crippen LogP contribution in [-0.2, 0) is 4.79 Å². The molecule has 0 aliphatic rings. The number of ether oxygens (including phenoxy) is 1. The number of aromatic nitrogens is 1. The molecule has 1 aromatic heterocycles. The fourth-order valence-corrected chi connectivity index (χ4v) is 1.18. The Morgan fingerprint density at radius 3 is 3.00 bits per heavy atom. The lowest BCUT2D eigenvalue weighted by molar-refractivity contribution is -0.138. The van der Waals surface area contributed by atoms with Crippen molar-refractivity contribution in [1.82, 2.24) is 4.98 Å². The van der Waals surface area contributed by atoms with Crippen LogP contribution in [0.2, 0.25) is 0 Å². The Kier molecular flexibility index (Phi) is 4.09. The van der Waals surface area contributed by atoms with Crippen molar-refractivity contribution in [3.05, 3.63) is 24.0 Å². The van der Waals surface area contributed by atoms with E-state index >= 15 is 0 Å². The van der Waals surface area contributed by atoms with Gasteiger partial charge in [0.05, 0.1) is 18.2 Å². The molecule has 0 fully saturated rings. The molecule has 15 heavy (non-hydrogen) atoms. The summed E-state index contributed by atoms with van der Waals surface area (Å²) < 4.78 is 5.43. The predicted octanol–water partition coefficient (Wildman–Crippen LogP) is 2.06. The van der Waals surface area contributed by atoms with Crippen LogP contribution in [0, 0.1) is 0 Å². The maximum absolute atomic E-state index is 10.8. The van der Waals surface area contributed by atoms with Crippen molar-refractivity contribution >= 4 is 5.97 Å². The monoisotopic (exact) mass is 209 g/mol. The first kappa shape index (κ1) is 11.5. The van der Waals surface area contributed by atoms with Crippen LogP contribution in [0.25, 0.3) is 0 Å². The third-order valence-electron chi connectivity index (χ3n) is 2.04. The fraction of sp³-hybridized carbons (Fsp3) is 0.455. The lowest BCUT2D eigenvalue weighted by atomic mass is 10.1. The highest BCUT2D eigenvalue weighted by Crippen LogP contribution is 2.24. The quantitative estimate of drug-likeness (QED) is 0.806. The van der Waals surface area contributed by atoms with E-state index in [1.165, 1.54) is 0 Å². The molecule has 0 amide bonds. The second-order valence-electron chi connectivity index (χ2n) is 3.30. The summed E-state index contributed by atoms with van der Waals surface area (Å²) in [6.07, 6.45) is 2.46. The Morgan fingerprint density at radius 2 is 2.40 bits per heavy atom.